The van der Waals surface area contributed by atoms with Crippen molar-refractivity contribution in [2.24, 2.45) is 5.92 Å². The van der Waals surface area contributed by atoms with Crippen molar-refractivity contribution < 1.29 is 9.59 Å². The van der Waals surface area contributed by atoms with E-state index in [9.17, 15) is 9.59 Å². The lowest BCUT2D eigenvalue weighted by atomic mass is 10.1. The van der Waals surface area contributed by atoms with Gasteiger partial charge in [0.25, 0.3) is 5.91 Å². The Morgan fingerprint density at radius 3 is 2.72 bits per heavy atom. The second-order valence-corrected chi connectivity index (χ2v) is 6.67. The summed E-state index contributed by atoms with van der Waals surface area (Å²) >= 11 is 0. The molecule has 2 heterocycles. The summed E-state index contributed by atoms with van der Waals surface area (Å²) in [5.74, 6) is 0.308. The van der Waals surface area contributed by atoms with Gasteiger partial charge in [-0.2, -0.15) is 5.10 Å². The van der Waals surface area contributed by atoms with Crippen molar-refractivity contribution >= 4 is 11.8 Å². The van der Waals surface area contributed by atoms with Crippen LogP contribution in [0.2, 0.25) is 0 Å². The van der Waals surface area contributed by atoms with E-state index in [0.29, 0.717) is 18.0 Å². The number of para-hydroxylation sites is 1. The first-order chi connectivity index (χ1) is 12.0. The van der Waals surface area contributed by atoms with Crippen molar-refractivity contribution in [1.82, 2.24) is 20.0 Å². The number of benzene rings is 1. The Balaban J connectivity index is 1.66. The van der Waals surface area contributed by atoms with E-state index in [0.717, 1.165) is 36.5 Å². The van der Waals surface area contributed by atoms with Gasteiger partial charge in [-0.05, 0) is 37.8 Å². The van der Waals surface area contributed by atoms with Crippen molar-refractivity contribution in [3.8, 4) is 5.69 Å². The number of aromatic nitrogens is 2. The molecule has 1 aliphatic rings. The third kappa shape index (κ3) is 3.57. The molecule has 3 rings (SSSR count). The smallest absolute Gasteiger partial charge is 0.254 e. The minimum atomic E-state index is -0.112. The third-order valence-corrected chi connectivity index (χ3v) is 4.88. The SMILES string of the molecule is CC(=O)N1CCC(CNC(=O)c2cnn(-c3ccccc3C)c2C)C1. The van der Waals surface area contributed by atoms with Gasteiger partial charge in [-0.25, -0.2) is 4.68 Å². The minimum Gasteiger partial charge on any atom is -0.352 e. The number of hydrogen-bond donors (Lipinski definition) is 1. The predicted molar refractivity (Wildman–Crippen MR) is 95.7 cm³/mol. The Kier molecular flexibility index (Phi) is 4.88. The molecule has 0 aliphatic carbocycles. The average molecular weight is 340 g/mol. The Labute approximate surface area is 147 Å². The van der Waals surface area contributed by atoms with E-state index in [-0.39, 0.29) is 11.8 Å². The molecule has 1 aromatic heterocycles. The molecule has 2 amide bonds. The van der Waals surface area contributed by atoms with Crippen LogP contribution < -0.4 is 5.32 Å². The van der Waals surface area contributed by atoms with Crippen LogP contribution in [0.25, 0.3) is 5.69 Å². The predicted octanol–water partition coefficient (Wildman–Crippen LogP) is 2.09. The molecule has 1 fully saturated rings. The quantitative estimate of drug-likeness (QED) is 0.927. The highest BCUT2D eigenvalue weighted by Gasteiger charge is 2.25. The van der Waals surface area contributed by atoms with E-state index < -0.39 is 0 Å². The molecule has 132 valence electrons. The van der Waals surface area contributed by atoms with Gasteiger partial charge in [-0.3, -0.25) is 9.59 Å². The lowest BCUT2D eigenvalue weighted by molar-refractivity contribution is -0.127. The topological polar surface area (TPSA) is 67.2 Å². The number of aryl methyl sites for hydroxylation is 1. The number of likely N-dealkylation sites (tertiary alicyclic amines) is 1. The maximum absolute atomic E-state index is 12.5. The van der Waals surface area contributed by atoms with Gasteiger partial charge in [-0.15, -0.1) is 0 Å². The first-order valence-electron chi connectivity index (χ1n) is 8.61. The Bertz CT molecular complexity index is 796. The molecule has 1 atom stereocenters. The van der Waals surface area contributed by atoms with E-state index in [1.165, 1.54) is 0 Å². The lowest BCUT2D eigenvalue weighted by Gasteiger charge is -2.14. The normalized spacial score (nSPS) is 16.9. The molecule has 0 saturated carbocycles. The van der Waals surface area contributed by atoms with E-state index in [1.54, 1.807) is 17.8 Å². The molecule has 1 aromatic carbocycles. The molecule has 1 unspecified atom stereocenters. The van der Waals surface area contributed by atoms with Crippen molar-refractivity contribution in [2.75, 3.05) is 19.6 Å². The summed E-state index contributed by atoms with van der Waals surface area (Å²) in [6, 6.07) is 7.96. The molecular weight excluding hydrogens is 316 g/mol. The largest absolute Gasteiger partial charge is 0.352 e. The molecule has 1 N–H and O–H groups in total. The summed E-state index contributed by atoms with van der Waals surface area (Å²) in [5.41, 5.74) is 3.50. The second kappa shape index (κ2) is 7.09. The maximum Gasteiger partial charge on any atom is 0.254 e. The number of nitrogens with one attached hydrogen (secondary N) is 1. The monoisotopic (exact) mass is 340 g/mol. The number of amides is 2. The van der Waals surface area contributed by atoms with Gasteiger partial charge in [-0.1, -0.05) is 18.2 Å². The van der Waals surface area contributed by atoms with Crippen molar-refractivity contribution in [2.45, 2.75) is 27.2 Å². The van der Waals surface area contributed by atoms with Gasteiger partial charge >= 0.3 is 0 Å². The van der Waals surface area contributed by atoms with Gasteiger partial charge in [0.2, 0.25) is 5.91 Å². The Morgan fingerprint density at radius 2 is 2.04 bits per heavy atom. The van der Waals surface area contributed by atoms with Crippen LogP contribution in [-0.4, -0.2) is 46.1 Å². The van der Waals surface area contributed by atoms with Crippen LogP contribution in [0.4, 0.5) is 0 Å². The first-order valence-corrected chi connectivity index (χ1v) is 8.61. The highest BCUT2D eigenvalue weighted by atomic mass is 16.2. The van der Waals surface area contributed by atoms with Crippen LogP contribution in [0.3, 0.4) is 0 Å². The van der Waals surface area contributed by atoms with Crippen LogP contribution in [0, 0.1) is 19.8 Å². The number of nitrogens with zero attached hydrogens (tertiary/aromatic N) is 3. The molecule has 0 spiro atoms. The van der Waals surface area contributed by atoms with Gasteiger partial charge in [0.1, 0.15) is 0 Å². The van der Waals surface area contributed by atoms with Crippen LogP contribution in [-0.2, 0) is 4.79 Å². The van der Waals surface area contributed by atoms with Crippen LogP contribution >= 0.6 is 0 Å². The highest BCUT2D eigenvalue weighted by Crippen LogP contribution is 2.18. The summed E-state index contributed by atoms with van der Waals surface area (Å²) in [6.07, 6.45) is 2.55. The lowest BCUT2D eigenvalue weighted by Crippen LogP contribution is -2.32. The highest BCUT2D eigenvalue weighted by molar-refractivity contribution is 5.95. The zero-order valence-corrected chi connectivity index (χ0v) is 15.0. The van der Waals surface area contributed by atoms with Crippen molar-refractivity contribution in [3.05, 3.63) is 47.3 Å². The molecular formula is C19H24N4O2. The fourth-order valence-corrected chi connectivity index (χ4v) is 3.29. The fourth-order valence-electron chi connectivity index (χ4n) is 3.29. The fraction of sp³-hybridized carbons (Fsp3) is 0.421. The molecule has 6 nitrogen and oxygen atoms in total. The number of carbonyl (C=O) groups is 2. The van der Waals surface area contributed by atoms with E-state index >= 15 is 0 Å². The summed E-state index contributed by atoms with van der Waals surface area (Å²) in [5, 5.41) is 7.38. The van der Waals surface area contributed by atoms with Gasteiger partial charge in [0.05, 0.1) is 23.1 Å². The van der Waals surface area contributed by atoms with Crippen molar-refractivity contribution in [3.63, 3.8) is 0 Å². The third-order valence-electron chi connectivity index (χ3n) is 4.88. The summed E-state index contributed by atoms with van der Waals surface area (Å²) < 4.78 is 1.80. The minimum absolute atomic E-state index is 0.101. The maximum atomic E-state index is 12.5. The Hall–Kier alpha value is -2.63. The molecule has 6 heteroatoms. The van der Waals surface area contributed by atoms with Gasteiger partial charge in [0.15, 0.2) is 0 Å². The summed E-state index contributed by atoms with van der Waals surface area (Å²) in [4.78, 5) is 25.7. The van der Waals surface area contributed by atoms with Crippen LogP contribution in [0.1, 0.15) is 35.0 Å². The van der Waals surface area contributed by atoms with E-state index in [1.807, 2.05) is 43.0 Å². The van der Waals surface area contributed by atoms with Crippen LogP contribution in [0.5, 0.6) is 0 Å². The Morgan fingerprint density at radius 1 is 1.28 bits per heavy atom. The van der Waals surface area contributed by atoms with Crippen LogP contribution in [0.15, 0.2) is 30.5 Å². The number of rotatable bonds is 4. The van der Waals surface area contributed by atoms with Gasteiger partial charge < -0.3 is 10.2 Å². The number of hydrogen-bond acceptors (Lipinski definition) is 3. The van der Waals surface area contributed by atoms with Crippen molar-refractivity contribution in [1.29, 1.82) is 0 Å². The molecule has 25 heavy (non-hydrogen) atoms. The van der Waals surface area contributed by atoms with Gasteiger partial charge in [0, 0.05) is 26.6 Å². The van der Waals surface area contributed by atoms with E-state index in [2.05, 4.69) is 10.4 Å². The molecule has 1 aliphatic heterocycles. The summed E-state index contributed by atoms with van der Waals surface area (Å²) in [7, 11) is 0. The number of carbonyl (C=O) groups excluding carboxylic acids is 2. The molecule has 0 bridgehead atoms. The van der Waals surface area contributed by atoms with E-state index in [4.69, 9.17) is 0 Å². The molecule has 1 saturated heterocycles. The summed E-state index contributed by atoms with van der Waals surface area (Å²) in [6.45, 7) is 7.59. The standard InChI is InChI=1S/C19H24N4O2/c1-13-6-4-5-7-18(13)23-14(2)17(11-21-23)19(25)20-10-16-8-9-22(12-16)15(3)24/h4-7,11,16H,8-10,12H2,1-3H3,(H,20,25). The zero-order chi connectivity index (χ0) is 18.0. The molecule has 2 aromatic rings. The zero-order valence-electron chi connectivity index (χ0n) is 15.0. The molecule has 0 radical (unpaired) electrons. The first kappa shape index (κ1) is 17.2. The second-order valence-electron chi connectivity index (χ2n) is 6.67. The average Bonchev–Trinajstić information content (AvgIpc) is 3.20.